The van der Waals surface area contributed by atoms with Crippen LogP contribution in [0.3, 0.4) is 0 Å². The van der Waals surface area contributed by atoms with E-state index in [9.17, 15) is 0 Å². The molecule has 0 spiro atoms. The van der Waals surface area contributed by atoms with E-state index in [-0.39, 0.29) is 0 Å². The molecule has 102 valence electrons. The Labute approximate surface area is 110 Å². The van der Waals surface area contributed by atoms with Gasteiger partial charge in [-0.1, -0.05) is 25.5 Å². The summed E-state index contributed by atoms with van der Waals surface area (Å²) >= 11 is 0. The molecule has 3 nitrogen and oxygen atoms in total. The smallest absolute Gasteiger partial charge is 0.119 e. The minimum atomic E-state index is 0.579. The van der Waals surface area contributed by atoms with Crippen LogP contribution in [0.5, 0.6) is 5.75 Å². The summed E-state index contributed by atoms with van der Waals surface area (Å²) < 4.78 is 10.8. The highest BCUT2D eigenvalue weighted by atomic mass is 16.5. The van der Waals surface area contributed by atoms with Gasteiger partial charge in [-0.05, 0) is 31.0 Å². The third kappa shape index (κ3) is 6.03. The Morgan fingerprint density at radius 2 is 2.17 bits per heavy atom. The van der Waals surface area contributed by atoms with E-state index in [0.717, 1.165) is 24.5 Å². The van der Waals surface area contributed by atoms with Gasteiger partial charge >= 0.3 is 0 Å². The Balaban J connectivity index is 2.13. The lowest BCUT2D eigenvalue weighted by Crippen LogP contribution is -2.29. The van der Waals surface area contributed by atoms with E-state index in [1.54, 1.807) is 7.11 Å². The van der Waals surface area contributed by atoms with Crippen LogP contribution >= 0.6 is 0 Å². The van der Waals surface area contributed by atoms with Crippen molar-refractivity contribution in [3.8, 4) is 5.75 Å². The number of ether oxygens (including phenoxy) is 2. The van der Waals surface area contributed by atoms with Gasteiger partial charge in [-0.15, -0.1) is 0 Å². The van der Waals surface area contributed by atoms with E-state index in [2.05, 4.69) is 25.2 Å². The van der Waals surface area contributed by atoms with Gasteiger partial charge in [0.2, 0.25) is 0 Å². The summed E-state index contributed by atoms with van der Waals surface area (Å²) in [6.07, 6.45) is 2.44. The average molecular weight is 251 g/mol. The van der Waals surface area contributed by atoms with Crippen LogP contribution in [-0.4, -0.2) is 26.3 Å². The Bertz CT molecular complexity index is 328. The molecule has 0 saturated carbocycles. The predicted molar refractivity (Wildman–Crippen MR) is 75.0 cm³/mol. The quantitative estimate of drug-likeness (QED) is 0.684. The summed E-state index contributed by atoms with van der Waals surface area (Å²) in [5.41, 5.74) is 1.15. The largest absolute Gasteiger partial charge is 0.497 e. The summed E-state index contributed by atoms with van der Waals surface area (Å²) in [4.78, 5) is 0. The maximum atomic E-state index is 5.63. The summed E-state index contributed by atoms with van der Waals surface area (Å²) in [7, 11) is 1.68. The summed E-state index contributed by atoms with van der Waals surface area (Å²) in [5.74, 6) is 0.880. The zero-order valence-corrected chi connectivity index (χ0v) is 11.7. The van der Waals surface area contributed by atoms with Crippen molar-refractivity contribution in [2.45, 2.75) is 39.3 Å². The van der Waals surface area contributed by atoms with Crippen LogP contribution in [0.2, 0.25) is 0 Å². The van der Waals surface area contributed by atoms with Gasteiger partial charge in [-0.2, -0.15) is 0 Å². The van der Waals surface area contributed by atoms with Crippen LogP contribution in [0, 0.1) is 0 Å². The lowest BCUT2D eigenvalue weighted by atomic mass is 10.2. The molecule has 0 aliphatic carbocycles. The van der Waals surface area contributed by atoms with E-state index in [1.807, 2.05) is 18.2 Å². The maximum absolute atomic E-state index is 5.63. The minimum Gasteiger partial charge on any atom is -0.497 e. The van der Waals surface area contributed by atoms with Gasteiger partial charge in [0.15, 0.2) is 0 Å². The van der Waals surface area contributed by atoms with E-state index >= 15 is 0 Å². The molecule has 1 atom stereocenters. The fourth-order valence-corrected chi connectivity index (χ4v) is 1.86. The first kappa shape index (κ1) is 15.0. The van der Waals surface area contributed by atoms with E-state index < -0.39 is 0 Å². The van der Waals surface area contributed by atoms with Gasteiger partial charge in [0.25, 0.3) is 0 Å². The van der Waals surface area contributed by atoms with Crippen molar-refractivity contribution in [1.82, 2.24) is 5.32 Å². The van der Waals surface area contributed by atoms with Crippen LogP contribution in [0.15, 0.2) is 24.3 Å². The lowest BCUT2D eigenvalue weighted by Gasteiger charge is -2.12. The molecule has 18 heavy (non-hydrogen) atoms. The van der Waals surface area contributed by atoms with Crippen molar-refractivity contribution in [1.29, 1.82) is 0 Å². The van der Waals surface area contributed by atoms with E-state index in [4.69, 9.17) is 9.47 Å². The van der Waals surface area contributed by atoms with Gasteiger partial charge in [0.05, 0.1) is 20.3 Å². The molecule has 1 rings (SSSR count). The third-order valence-electron chi connectivity index (χ3n) is 2.86. The summed E-state index contributed by atoms with van der Waals surface area (Å²) in [6.45, 7) is 6.71. The van der Waals surface area contributed by atoms with Gasteiger partial charge in [-0.25, -0.2) is 0 Å². The van der Waals surface area contributed by atoms with Crippen LogP contribution in [0.1, 0.15) is 32.3 Å². The average Bonchev–Trinajstić information content (AvgIpc) is 2.39. The van der Waals surface area contributed by atoms with Crippen molar-refractivity contribution in [2.75, 3.05) is 20.3 Å². The predicted octanol–water partition coefficient (Wildman–Crippen LogP) is 2.99. The molecule has 3 heteroatoms. The highest BCUT2D eigenvalue weighted by molar-refractivity contribution is 5.27. The molecule has 1 aromatic rings. The van der Waals surface area contributed by atoms with Gasteiger partial charge in [0.1, 0.15) is 5.75 Å². The lowest BCUT2D eigenvalue weighted by molar-refractivity contribution is 0.120. The number of benzene rings is 1. The topological polar surface area (TPSA) is 30.5 Å². The Morgan fingerprint density at radius 1 is 1.33 bits per heavy atom. The van der Waals surface area contributed by atoms with Crippen LogP contribution in [0.25, 0.3) is 0 Å². The molecule has 1 aromatic carbocycles. The molecule has 0 amide bonds. The second-order valence-corrected chi connectivity index (χ2v) is 4.55. The first-order valence-corrected chi connectivity index (χ1v) is 6.70. The molecule has 0 radical (unpaired) electrons. The van der Waals surface area contributed by atoms with Crippen molar-refractivity contribution < 1.29 is 9.47 Å². The Morgan fingerprint density at radius 3 is 2.89 bits per heavy atom. The normalized spacial score (nSPS) is 12.4. The molecule has 0 bridgehead atoms. The highest BCUT2D eigenvalue weighted by Crippen LogP contribution is 2.12. The standard InChI is InChI=1S/C15H25NO2/c1-4-6-13(2)16-9-10-18-12-14-7-5-8-15(11-14)17-3/h5,7-8,11,13,16H,4,6,9-10,12H2,1-3H3. The van der Waals surface area contributed by atoms with Crippen LogP contribution in [0.4, 0.5) is 0 Å². The highest BCUT2D eigenvalue weighted by Gasteiger charge is 1.99. The number of nitrogens with one attached hydrogen (secondary N) is 1. The fourth-order valence-electron chi connectivity index (χ4n) is 1.86. The Kier molecular flexibility index (Phi) is 7.46. The third-order valence-corrected chi connectivity index (χ3v) is 2.86. The molecule has 0 aromatic heterocycles. The van der Waals surface area contributed by atoms with Crippen LogP contribution < -0.4 is 10.1 Å². The molecule has 0 saturated heterocycles. The second-order valence-electron chi connectivity index (χ2n) is 4.55. The fraction of sp³-hybridized carbons (Fsp3) is 0.600. The molecule has 0 aliphatic heterocycles. The van der Waals surface area contributed by atoms with Gasteiger partial charge in [-0.3, -0.25) is 0 Å². The zero-order chi connectivity index (χ0) is 13.2. The van der Waals surface area contributed by atoms with Crippen molar-refractivity contribution >= 4 is 0 Å². The Hall–Kier alpha value is -1.06. The maximum Gasteiger partial charge on any atom is 0.119 e. The molecular weight excluding hydrogens is 226 g/mol. The monoisotopic (exact) mass is 251 g/mol. The zero-order valence-electron chi connectivity index (χ0n) is 11.7. The van der Waals surface area contributed by atoms with Crippen molar-refractivity contribution in [2.24, 2.45) is 0 Å². The second kappa shape index (κ2) is 8.95. The number of hydrogen-bond donors (Lipinski definition) is 1. The molecule has 0 heterocycles. The molecule has 1 unspecified atom stereocenters. The molecule has 1 N–H and O–H groups in total. The first-order chi connectivity index (χ1) is 8.76. The number of methoxy groups -OCH3 is 1. The SMILES string of the molecule is CCCC(C)NCCOCc1cccc(OC)c1. The molecular formula is C15H25NO2. The minimum absolute atomic E-state index is 0.579. The molecule has 0 aliphatic rings. The van der Waals surface area contributed by atoms with Crippen molar-refractivity contribution in [3.05, 3.63) is 29.8 Å². The van der Waals surface area contributed by atoms with E-state index in [0.29, 0.717) is 12.6 Å². The molecule has 0 fully saturated rings. The van der Waals surface area contributed by atoms with Crippen LogP contribution in [-0.2, 0) is 11.3 Å². The first-order valence-electron chi connectivity index (χ1n) is 6.70. The van der Waals surface area contributed by atoms with Gasteiger partial charge in [0, 0.05) is 12.6 Å². The van der Waals surface area contributed by atoms with Crippen molar-refractivity contribution in [3.63, 3.8) is 0 Å². The summed E-state index contributed by atoms with van der Waals surface area (Å²) in [6, 6.07) is 8.56. The number of hydrogen-bond acceptors (Lipinski definition) is 3. The summed E-state index contributed by atoms with van der Waals surface area (Å²) in [5, 5.41) is 3.44. The number of rotatable bonds is 9. The van der Waals surface area contributed by atoms with Gasteiger partial charge < -0.3 is 14.8 Å². The van der Waals surface area contributed by atoms with E-state index in [1.165, 1.54) is 12.8 Å².